The minimum Gasteiger partial charge on any atom is -0.452 e. The number of benzene rings is 1. The van der Waals surface area contributed by atoms with E-state index in [-0.39, 0.29) is 48.3 Å². The van der Waals surface area contributed by atoms with Crippen LogP contribution in [0.5, 0.6) is 0 Å². The molecule has 0 aliphatic carbocycles. The van der Waals surface area contributed by atoms with Crippen molar-refractivity contribution in [3.63, 3.8) is 0 Å². The average Bonchev–Trinajstić information content (AvgIpc) is 2.68. The van der Waals surface area contributed by atoms with Gasteiger partial charge in [-0.15, -0.1) is 0 Å². The molecule has 8 nitrogen and oxygen atoms in total. The molecule has 1 aliphatic heterocycles. The summed E-state index contributed by atoms with van der Waals surface area (Å²) >= 11 is 0. The van der Waals surface area contributed by atoms with E-state index in [1.807, 2.05) is 13.8 Å². The summed E-state index contributed by atoms with van der Waals surface area (Å²) in [4.78, 5) is 23.9. The second-order valence-electron chi connectivity index (χ2n) is 7.24. The first-order valence-electron chi connectivity index (χ1n) is 9.93. The number of morpholine rings is 1. The molecule has 0 bridgehead atoms. The predicted octanol–water partition coefficient (Wildman–Crippen LogP) is 1.95. The van der Waals surface area contributed by atoms with Crippen molar-refractivity contribution in [3.8, 4) is 0 Å². The number of nitrogens with zero attached hydrogens (tertiary/aromatic N) is 1. The molecule has 0 radical (unpaired) electrons. The molecule has 1 saturated heterocycles. The van der Waals surface area contributed by atoms with Crippen LogP contribution in [0.3, 0.4) is 0 Å². The van der Waals surface area contributed by atoms with Gasteiger partial charge in [-0.2, -0.15) is 4.31 Å². The molecule has 29 heavy (non-hydrogen) atoms. The van der Waals surface area contributed by atoms with Gasteiger partial charge in [0, 0.05) is 19.6 Å². The summed E-state index contributed by atoms with van der Waals surface area (Å²) in [5.74, 6) is -1.03. The van der Waals surface area contributed by atoms with Crippen LogP contribution in [-0.2, 0) is 24.3 Å². The number of sulfonamides is 1. The third-order valence-corrected chi connectivity index (χ3v) is 6.40. The van der Waals surface area contributed by atoms with E-state index < -0.39 is 16.0 Å². The fourth-order valence-electron chi connectivity index (χ4n) is 3.11. The van der Waals surface area contributed by atoms with Gasteiger partial charge >= 0.3 is 5.97 Å². The molecule has 2 rings (SSSR count). The topological polar surface area (TPSA) is 102 Å². The molecule has 1 heterocycles. The summed E-state index contributed by atoms with van der Waals surface area (Å²) in [6.45, 7) is 6.48. The Balaban J connectivity index is 1.92. The van der Waals surface area contributed by atoms with Crippen LogP contribution in [-0.4, -0.2) is 63.0 Å². The van der Waals surface area contributed by atoms with Gasteiger partial charge < -0.3 is 14.8 Å². The van der Waals surface area contributed by atoms with E-state index in [0.29, 0.717) is 6.54 Å². The maximum Gasteiger partial charge on any atom is 0.338 e. The van der Waals surface area contributed by atoms with Crippen molar-refractivity contribution in [2.75, 3.05) is 26.2 Å². The fraction of sp³-hybridized carbons (Fsp3) is 0.600. The van der Waals surface area contributed by atoms with Crippen LogP contribution < -0.4 is 5.32 Å². The molecule has 1 aromatic rings. The third-order valence-electron chi connectivity index (χ3n) is 4.55. The van der Waals surface area contributed by atoms with Crippen molar-refractivity contribution in [3.05, 3.63) is 29.8 Å². The maximum absolute atomic E-state index is 12.8. The van der Waals surface area contributed by atoms with E-state index in [2.05, 4.69) is 12.2 Å². The third kappa shape index (κ3) is 6.80. The highest BCUT2D eigenvalue weighted by atomic mass is 32.2. The highest BCUT2D eigenvalue weighted by molar-refractivity contribution is 7.89. The molecular weight excluding hydrogens is 396 g/mol. The standard InChI is InChI=1S/C20H30N2O6S/c1-4-5-6-11-21-19(23)14-27-20(24)17-7-9-18(10-8-17)29(25,26)22-12-15(2)28-16(3)13-22/h7-10,15-16H,4-6,11-14H2,1-3H3,(H,21,23)/t15-,16+. The molecule has 2 atom stereocenters. The maximum atomic E-state index is 12.8. The molecule has 0 unspecified atom stereocenters. The molecule has 9 heteroatoms. The number of nitrogens with one attached hydrogen (secondary N) is 1. The number of hydrogen-bond acceptors (Lipinski definition) is 6. The minimum absolute atomic E-state index is 0.101. The fourth-order valence-corrected chi connectivity index (χ4v) is 4.70. The van der Waals surface area contributed by atoms with Crippen molar-refractivity contribution in [1.82, 2.24) is 9.62 Å². The van der Waals surface area contributed by atoms with Gasteiger partial charge in [-0.3, -0.25) is 4.79 Å². The number of amides is 1. The van der Waals surface area contributed by atoms with Crippen LogP contribution in [0.1, 0.15) is 50.4 Å². The highest BCUT2D eigenvalue weighted by Crippen LogP contribution is 2.21. The second-order valence-corrected chi connectivity index (χ2v) is 9.17. The summed E-state index contributed by atoms with van der Waals surface area (Å²) in [6, 6.07) is 5.53. The van der Waals surface area contributed by atoms with Crippen LogP contribution in [0.25, 0.3) is 0 Å². The predicted molar refractivity (Wildman–Crippen MR) is 108 cm³/mol. The van der Waals surface area contributed by atoms with Gasteiger partial charge in [0.1, 0.15) is 0 Å². The summed E-state index contributed by atoms with van der Waals surface area (Å²) in [5, 5.41) is 2.69. The molecule has 1 amide bonds. The molecule has 1 fully saturated rings. The number of carbonyl (C=O) groups is 2. The van der Waals surface area contributed by atoms with Gasteiger partial charge in [0.15, 0.2) is 6.61 Å². The lowest BCUT2D eigenvalue weighted by Gasteiger charge is -2.34. The van der Waals surface area contributed by atoms with Gasteiger partial charge in [0.25, 0.3) is 5.91 Å². The number of ether oxygens (including phenoxy) is 2. The summed E-state index contributed by atoms with van der Waals surface area (Å²) in [6.07, 6.45) is 2.59. The SMILES string of the molecule is CCCCCNC(=O)COC(=O)c1ccc(S(=O)(=O)N2C[C@@H](C)O[C@@H](C)C2)cc1. The number of rotatable bonds is 9. The van der Waals surface area contributed by atoms with E-state index in [0.717, 1.165) is 19.3 Å². The number of carbonyl (C=O) groups excluding carboxylic acids is 2. The smallest absolute Gasteiger partial charge is 0.338 e. The Morgan fingerprint density at radius 3 is 2.34 bits per heavy atom. The highest BCUT2D eigenvalue weighted by Gasteiger charge is 2.32. The number of hydrogen-bond donors (Lipinski definition) is 1. The van der Waals surface area contributed by atoms with Crippen molar-refractivity contribution < 1.29 is 27.5 Å². The van der Waals surface area contributed by atoms with E-state index in [1.54, 1.807) is 0 Å². The quantitative estimate of drug-likeness (QED) is 0.478. The van der Waals surface area contributed by atoms with Gasteiger partial charge in [0.05, 0.1) is 22.7 Å². The monoisotopic (exact) mass is 426 g/mol. The first-order valence-corrected chi connectivity index (χ1v) is 11.4. The molecule has 1 aliphatic rings. The molecule has 1 aromatic carbocycles. The Kier molecular flexibility index (Phi) is 8.60. The molecule has 0 spiro atoms. The largest absolute Gasteiger partial charge is 0.452 e. The van der Waals surface area contributed by atoms with E-state index in [9.17, 15) is 18.0 Å². The Morgan fingerprint density at radius 2 is 1.76 bits per heavy atom. The van der Waals surface area contributed by atoms with Crippen LogP contribution >= 0.6 is 0 Å². The number of esters is 1. The van der Waals surface area contributed by atoms with E-state index in [1.165, 1.54) is 28.6 Å². The van der Waals surface area contributed by atoms with Crippen LogP contribution in [0.15, 0.2) is 29.2 Å². The summed E-state index contributed by atoms with van der Waals surface area (Å²) in [7, 11) is -3.67. The number of unbranched alkanes of at least 4 members (excludes halogenated alkanes) is 2. The van der Waals surface area contributed by atoms with E-state index >= 15 is 0 Å². The molecule has 1 N–H and O–H groups in total. The van der Waals surface area contributed by atoms with Crippen LogP contribution in [0.2, 0.25) is 0 Å². The van der Waals surface area contributed by atoms with Crippen molar-refractivity contribution >= 4 is 21.9 Å². The zero-order valence-electron chi connectivity index (χ0n) is 17.2. The van der Waals surface area contributed by atoms with Crippen molar-refractivity contribution in [2.45, 2.75) is 57.1 Å². The van der Waals surface area contributed by atoms with Gasteiger partial charge in [-0.05, 0) is 44.5 Å². The molecular formula is C20H30N2O6S. The second kappa shape index (κ2) is 10.7. The lowest BCUT2D eigenvalue weighted by Crippen LogP contribution is -2.48. The Bertz CT molecular complexity index is 784. The van der Waals surface area contributed by atoms with Crippen molar-refractivity contribution in [2.24, 2.45) is 0 Å². The Labute approximate surface area is 172 Å². The first-order chi connectivity index (χ1) is 13.7. The van der Waals surface area contributed by atoms with Gasteiger partial charge in [0.2, 0.25) is 10.0 Å². The lowest BCUT2D eigenvalue weighted by atomic mass is 10.2. The average molecular weight is 427 g/mol. The van der Waals surface area contributed by atoms with Gasteiger partial charge in [-0.1, -0.05) is 19.8 Å². The molecule has 0 aromatic heterocycles. The minimum atomic E-state index is -3.67. The normalized spacial score (nSPS) is 20.2. The molecule has 0 saturated carbocycles. The zero-order valence-corrected chi connectivity index (χ0v) is 18.0. The Morgan fingerprint density at radius 1 is 1.14 bits per heavy atom. The van der Waals surface area contributed by atoms with E-state index in [4.69, 9.17) is 9.47 Å². The molecule has 162 valence electrons. The summed E-state index contributed by atoms with van der Waals surface area (Å²) in [5.41, 5.74) is 0.187. The Hall–Kier alpha value is -1.97. The van der Waals surface area contributed by atoms with Crippen LogP contribution in [0, 0.1) is 0 Å². The zero-order chi connectivity index (χ0) is 21.4. The lowest BCUT2D eigenvalue weighted by molar-refractivity contribution is -0.124. The van der Waals surface area contributed by atoms with Gasteiger partial charge in [-0.25, -0.2) is 13.2 Å². The summed E-state index contributed by atoms with van der Waals surface area (Å²) < 4.78 is 37.6. The van der Waals surface area contributed by atoms with Crippen LogP contribution in [0.4, 0.5) is 0 Å². The van der Waals surface area contributed by atoms with Crippen molar-refractivity contribution in [1.29, 1.82) is 0 Å². The first kappa shape index (κ1) is 23.3.